The number of nitrogens with zero attached hydrogens (tertiary/aromatic N) is 1. The Balaban J connectivity index is 2.08. The third-order valence-electron chi connectivity index (χ3n) is 5.71. The Morgan fingerprint density at radius 3 is 2.56 bits per heavy atom. The maximum atomic E-state index is 9.73. The van der Waals surface area contributed by atoms with E-state index < -0.39 is 5.41 Å². The van der Waals surface area contributed by atoms with Crippen LogP contribution in [0.1, 0.15) is 51.4 Å². The molecule has 0 aromatic carbocycles. The van der Waals surface area contributed by atoms with Gasteiger partial charge in [-0.2, -0.15) is 5.26 Å². The summed E-state index contributed by atoms with van der Waals surface area (Å²) in [5.41, 5.74) is -0.262. The molecular formula is C17H21N. The van der Waals surface area contributed by atoms with Crippen LogP contribution in [-0.2, 0) is 0 Å². The monoisotopic (exact) mass is 239 g/mol. The largest absolute Gasteiger partial charge is 0.197 e. The van der Waals surface area contributed by atoms with Crippen molar-refractivity contribution in [3.05, 3.63) is 12.2 Å². The molecule has 0 aromatic heterocycles. The minimum absolute atomic E-state index is 0.247. The molecule has 94 valence electrons. The van der Waals surface area contributed by atoms with Gasteiger partial charge in [-0.15, -0.1) is 6.42 Å². The minimum Gasteiger partial charge on any atom is -0.197 e. The van der Waals surface area contributed by atoms with Gasteiger partial charge in [0, 0.05) is 5.92 Å². The van der Waals surface area contributed by atoms with Crippen molar-refractivity contribution in [3.8, 4) is 18.4 Å². The molecule has 0 aliphatic heterocycles. The first-order chi connectivity index (χ1) is 8.77. The zero-order valence-corrected chi connectivity index (χ0v) is 11.0. The highest BCUT2D eigenvalue weighted by atomic mass is 14.6. The molecule has 0 heterocycles. The van der Waals surface area contributed by atoms with Crippen molar-refractivity contribution in [2.75, 3.05) is 0 Å². The Morgan fingerprint density at radius 2 is 1.89 bits per heavy atom. The van der Waals surface area contributed by atoms with Gasteiger partial charge >= 0.3 is 0 Å². The lowest BCUT2D eigenvalue weighted by Crippen LogP contribution is -2.50. The van der Waals surface area contributed by atoms with E-state index in [4.69, 9.17) is 6.42 Å². The van der Waals surface area contributed by atoms with Crippen LogP contribution in [0.3, 0.4) is 0 Å². The van der Waals surface area contributed by atoms with E-state index in [1.54, 1.807) is 0 Å². The lowest BCUT2D eigenvalue weighted by atomic mass is 9.47. The van der Waals surface area contributed by atoms with Gasteiger partial charge in [0.15, 0.2) is 0 Å². The van der Waals surface area contributed by atoms with E-state index in [0.717, 1.165) is 12.8 Å². The Hall–Kier alpha value is -1.21. The molecule has 1 spiro atoms. The van der Waals surface area contributed by atoms with Crippen LogP contribution >= 0.6 is 0 Å². The minimum atomic E-state index is -0.510. The molecule has 18 heavy (non-hydrogen) atoms. The van der Waals surface area contributed by atoms with Crippen LogP contribution in [0.5, 0.6) is 0 Å². The van der Waals surface area contributed by atoms with E-state index in [-0.39, 0.29) is 5.41 Å². The first-order valence-corrected chi connectivity index (χ1v) is 7.36. The molecule has 2 saturated carbocycles. The normalized spacial score (nSPS) is 41.0. The number of allylic oxidation sites excluding steroid dienone is 2. The molecule has 0 N–H and O–H groups in total. The van der Waals surface area contributed by atoms with Crippen LogP contribution in [0.25, 0.3) is 0 Å². The van der Waals surface area contributed by atoms with Gasteiger partial charge in [0.05, 0.1) is 6.07 Å². The van der Waals surface area contributed by atoms with Crippen LogP contribution < -0.4 is 0 Å². The number of terminal acetylenes is 1. The average Bonchev–Trinajstić information content (AvgIpc) is 2.44. The topological polar surface area (TPSA) is 23.8 Å². The number of fused-ring (bicyclic) bond motifs is 3. The number of nitriles is 1. The molecular weight excluding hydrogens is 218 g/mol. The van der Waals surface area contributed by atoms with Crippen molar-refractivity contribution in [1.82, 2.24) is 0 Å². The molecule has 0 saturated heterocycles. The fourth-order valence-electron chi connectivity index (χ4n) is 4.79. The molecule has 2 bridgehead atoms. The number of hydrogen-bond donors (Lipinski definition) is 0. The molecule has 0 radical (unpaired) electrons. The molecule has 3 rings (SSSR count). The van der Waals surface area contributed by atoms with Crippen molar-refractivity contribution in [1.29, 1.82) is 5.26 Å². The predicted molar refractivity (Wildman–Crippen MR) is 72.4 cm³/mol. The van der Waals surface area contributed by atoms with Gasteiger partial charge in [-0.1, -0.05) is 43.8 Å². The molecule has 1 nitrogen and oxygen atoms in total. The highest BCUT2D eigenvalue weighted by Crippen LogP contribution is 2.61. The fourth-order valence-corrected chi connectivity index (χ4v) is 4.79. The summed E-state index contributed by atoms with van der Waals surface area (Å²) >= 11 is 0. The van der Waals surface area contributed by atoms with Crippen LogP contribution in [0.4, 0.5) is 0 Å². The van der Waals surface area contributed by atoms with E-state index in [1.165, 1.54) is 38.5 Å². The lowest BCUT2D eigenvalue weighted by Gasteiger charge is -2.54. The van der Waals surface area contributed by atoms with Gasteiger partial charge in [-0.3, -0.25) is 0 Å². The Bertz CT molecular complexity index is 425. The predicted octanol–water partition coefficient (Wildman–Crippen LogP) is 4.07. The first-order valence-electron chi connectivity index (χ1n) is 7.36. The Kier molecular flexibility index (Phi) is 2.74. The summed E-state index contributed by atoms with van der Waals surface area (Å²) in [6.07, 6.45) is 20.5. The second-order valence-corrected chi connectivity index (χ2v) is 6.37. The summed E-state index contributed by atoms with van der Waals surface area (Å²) in [6.45, 7) is 0. The molecule has 3 aliphatic rings. The summed E-state index contributed by atoms with van der Waals surface area (Å²) in [7, 11) is 0. The highest BCUT2D eigenvalue weighted by Gasteiger charge is 2.56. The summed E-state index contributed by atoms with van der Waals surface area (Å²) in [4.78, 5) is 0. The van der Waals surface area contributed by atoms with Gasteiger partial charge < -0.3 is 0 Å². The molecule has 3 atom stereocenters. The van der Waals surface area contributed by atoms with Crippen molar-refractivity contribution >= 4 is 0 Å². The smallest absolute Gasteiger partial charge is 0.127 e. The standard InChI is InChI=1S/C17H21N/c1-2-17(13-18)14-7-6-8-15(17)16(12-9-14)10-4-3-5-11-16/h1,9,12,14-15H,3-8,10-11H2. The SMILES string of the molecule is C#CC1(C#N)C2C=CC3(CCCCC3)C1CCC2. The maximum Gasteiger partial charge on any atom is 0.127 e. The molecule has 3 unspecified atom stereocenters. The van der Waals surface area contributed by atoms with Gasteiger partial charge in [-0.25, -0.2) is 0 Å². The van der Waals surface area contributed by atoms with Crippen molar-refractivity contribution in [3.63, 3.8) is 0 Å². The van der Waals surface area contributed by atoms with Crippen LogP contribution in [0, 0.1) is 46.3 Å². The van der Waals surface area contributed by atoms with Gasteiger partial charge in [0.1, 0.15) is 5.41 Å². The first kappa shape index (κ1) is 11.9. The van der Waals surface area contributed by atoms with Crippen LogP contribution in [0.2, 0.25) is 0 Å². The van der Waals surface area contributed by atoms with E-state index in [2.05, 4.69) is 24.1 Å². The third kappa shape index (κ3) is 1.40. The van der Waals surface area contributed by atoms with Crippen molar-refractivity contribution < 1.29 is 0 Å². The molecule has 1 heteroatoms. The number of hydrogen-bond acceptors (Lipinski definition) is 1. The second kappa shape index (κ2) is 4.17. The maximum absolute atomic E-state index is 9.73. The van der Waals surface area contributed by atoms with E-state index in [1.807, 2.05) is 0 Å². The van der Waals surface area contributed by atoms with Crippen molar-refractivity contribution in [2.45, 2.75) is 51.4 Å². The molecule has 0 amide bonds. The lowest BCUT2D eigenvalue weighted by molar-refractivity contribution is 0.0205. The number of rotatable bonds is 0. The highest BCUT2D eigenvalue weighted by molar-refractivity contribution is 5.33. The summed E-state index contributed by atoms with van der Waals surface area (Å²) < 4.78 is 0. The van der Waals surface area contributed by atoms with Gasteiger partial charge in [-0.05, 0) is 37.0 Å². The average molecular weight is 239 g/mol. The second-order valence-electron chi connectivity index (χ2n) is 6.37. The van der Waals surface area contributed by atoms with Crippen molar-refractivity contribution in [2.24, 2.45) is 22.7 Å². The summed E-state index contributed by atoms with van der Waals surface area (Å²) in [5, 5.41) is 9.73. The summed E-state index contributed by atoms with van der Waals surface area (Å²) in [5.74, 6) is 3.64. The van der Waals surface area contributed by atoms with Gasteiger partial charge in [0.25, 0.3) is 0 Å². The molecule has 0 aromatic rings. The fraction of sp³-hybridized carbons (Fsp3) is 0.706. The third-order valence-corrected chi connectivity index (χ3v) is 5.71. The zero-order chi connectivity index (χ0) is 12.6. The van der Waals surface area contributed by atoms with E-state index in [9.17, 15) is 5.26 Å². The van der Waals surface area contributed by atoms with Gasteiger partial charge in [0.2, 0.25) is 0 Å². The quantitative estimate of drug-likeness (QED) is 0.462. The zero-order valence-electron chi connectivity index (χ0n) is 11.0. The Labute approximate surface area is 110 Å². The Morgan fingerprint density at radius 1 is 1.11 bits per heavy atom. The van der Waals surface area contributed by atoms with E-state index in [0.29, 0.717) is 11.8 Å². The molecule has 2 fully saturated rings. The van der Waals surface area contributed by atoms with Crippen LogP contribution in [0.15, 0.2) is 12.2 Å². The molecule has 3 aliphatic carbocycles. The summed E-state index contributed by atoms with van der Waals surface area (Å²) in [6, 6.07) is 2.55. The van der Waals surface area contributed by atoms with Crippen LogP contribution in [-0.4, -0.2) is 0 Å². The van der Waals surface area contributed by atoms with E-state index >= 15 is 0 Å².